The standard InChI is InChI=1S/C21H31N5O5/c1-20(2,3)31-19(30)25-12-11-24-13-15(22-16(24)14-25)17(27)26-8-4-5-21(26)6-9-23(10-7-21)18(28)29/h13H,4-12,14H2,1-3H3,(H,28,29). The van der Waals surface area contributed by atoms with Crippen LogP contribution in [0.4, 0.5) is 9.59 Å². The van der Waals surface area contributed by atoms with Crippen LogP contribution in [0.2, 0.25) is 0 Å². The second-order valence-corrected chi connectivity index (χ2v) is 9.69. The molecule has 1 N–H and O–H groups in total. The van der Waals surface area contributed by atoms with Crippen molar-refractivity contribution in [3.8, 4) is 0 Å². The van der Waals surface area contributed by atoms with Crippen LogP contribution in [0.1, 0.15) is 62.8 Å². The number of imidazole rings is 1. The van der Waals surface area contributed by atoms with Gasteiger partial charge >= 0.3 is 12.2 Å². The fourth-order valence-corrected chi connectivity index (χ4v) is 4.87. The molecule has 0 aromatic carbocycles. The number of hydrogen-bond donors (Lipinski definition) is 1. The second-order valence-electron chi connectivity index (χ2n) is 9.69. The van der Waals surface area contributed by atoms with E-state index in [1.807, 2.05) is 30.2 Å². The normalized spacial score (nSPS) is 20.7. The number of ether oxygens (including phenoxy) is 1. The van der Waals surface area contributed by atoms with Crippen molar-refractivity contribution in [2.75, 3.05) is 26.2 Å². The zero-order chi connectivity index (χ0) is 22.4. The molecule has 1 aromatic rings. The van der Waals surface area contributed by atoms with E-state index in [0.717, 1.165) is 12.8 Å². The first kappa shape index (κ1) is 21.5. The molecule has 1 spiro atoms. The van der Waals surface area contributed by atoms with Crippen LogP contribution in [0.5, 0.6) is 0 Å². The lowest BCUT2D eigenvalue weighted by Crippen LogP contribution is -2.54. The molecule has 0 saturated carbocycles. The van der Waals surface area contributed by atoms with E-state index in [1.165, 1.54) is 4.90 Å². The summed E-state index contributed by atoms with van der Waals surface area (Å²) in [6, 6.07) is 0. The van der Waals surface area contributed by atoms with Crippen LogP contribution in [-0.2, 0) is 17.8 Å². The maximum atomic E-state index is 13.4. The number of carbonyl (C=O) groups is 3. The first-order valence-corrected chi connectivity index (χ1v) is 10.9. The molecular formula is C21H31N5O5. The lowest BCUT2D eigenvalue weighted by Gasteiger charge is -2.44. The Morgan fingerprint density at radius 2 is 1.74 bits per heavy atom. The number of aromatic nitrogens is 2. The molecule has 2 fully saturated rings. The predicted molar refractivity (Wildman–Crippen MR) is 111 cm³/mol. The topological polar surface area (TPSA) is 108 Å². The van der Waals surface area contributed by atoms with E-state index in [1.54, 1.807) is 11.1 Å². The molecule has 0 radical (unpaired) electrons. The van der Waals surface area contributed by atoms with Crippen LogP contribution < -0.4 is 0 Å². The van der Waals surface area contributed by atoms with Gasteiger partial charge in [0.05, 0.1) is 6.54 Å². The third kappa shape index (κ3) is 4.20. The fraction of sp³-hybridized carbons (Fsp3) is 0.714. The minimum absolute atomic E-state index is 0.105. The second kappa shape index (κ2) is 7.72. The van der Waals surface area contributed by atoms with Crippen molar-refractivity contribution >= 4 is 18.1 Å². The Hall–Kier alpha value is -2.78. The summed E-state index contributed by atoms with van der Waals surface area (Å²) in [6.45, 7) is 8.43. The van der Waals surface area contributed by atoms with Gasteiger partial charge in [0.2, 0.25) is 0 Å². The highest BCUT2D eigenvalue weighted by atomic mass is 16.6. The van der Waals surface area contributed by atoms with Crippen LogP contribution >= 0.6 is 0 Å². The first-order chi connectivity index (χ1) is 14.6. The van der Waals surface area contributed by atoms with Gasteiger partial charge in [-0.05, 0) is 46.5 Å². The van der Waals surface area contributed by atoms with Crippen molar-refractivity contribution in [2.24, 2.45) is 0 Å². The Balaban J connectivity index is 1.46. The minimum atomic E-state index is -0.901. The maximum Gasteiger partial charge on any atom is 0.410 e. The summed E-state index contributed by atoms with van der Waals surface area (Å²) in [7, 11) is 0. The van der Waals surface area contributed by atoms with Crippen LogP contribution in [0.25, 0.3) is 0 Å². The average Bonchev–Trinajstić information content (AvgIpc) is 3.30. The number of amides is 3. The number of piperidine rings is 1. The molecule has 1 aromatic heterocycles. The molecule has 0 aliphatic carbocycles. The van der Waals surface area contributed by atoms with Gasteiger partial charge in [-0.15, -0.1) is 0 Å². The van der Waals surface area contributed by atoms with Crippen molar-refractivity contribution in [2.45, 2.75) is 70.7 Å². The Bertz CT molecular complexity index is 881. The van der Waals surface area contributed by atoms with Crippen molar-refractivity contribution < 1.29 is 24.2 Å². The summed E-state index contributed by atoms with van der Waals surface area (Å²) in [4.78, 5) is 46.5. The van der Waals surface area contributed by atoms with Crippen molar-refractivity contribution in [3.05, 3.63) is 17.7 Å². The van der Waals surface area contributed by atoms with Gasteiger partial charge < -0.3 is 24.2 Å². The van der Waals surface area contributed by atoms with E-state index < -0.39 is 11.7 Å². The highest BCUT2D eigenvalue weighted by molar-refractivity contribution is 5.93. The van der Waals surface area contributed by atoms with Gasteiger partial charge in [-0.2, -0.15) is 0 Å². The maximum absolute atomic E-state index is 13.4. The van der Waals surface area contributed by atoms with E-state index >= 15 is 0 Å². The van der Waals surface area contributed by atoms with E-state index in [2.05, 4.69) is 4.98 Å². The van der Waals surface area contributed by atoms with Gasteiger partial charge in [0.1, 0.15) is 17.1 Å². The summed E-state index contributed by atoms with van der Waals surface area (Å²) in [5.74, 6) is 0.571. The van der Waals surface area contributed by atoms with Gasteiger partial charge in [0, 0.05) is 44.5 Å². The Labute approximate surface area is 181 Å². The zero-order valence-electron chi connectivity index (χ0n) is 18.5. The summed E-state index contributed by atoms with van der Waals surface area (Å²) < 4.78 is 7.39. The molecule has 4 rings (SSSR count). The molecule has 2 saturated heterocycles. The number of fused-ring (bicyclic) bond motifs is 1. The summed E-state index contributed by atoms with van der Waals surface area (Å²) in [5.41, 5.74) is -0.455. The number of likely N-dealkylation sites (tertiary alicyclic amines) is 2. The molecule has 10 nitrogen and oxygen atoms in total. The molecule has 3 aliphatic heterocycles. The molecule has 0 bridgehead atoms. The van der Waals surface area contributed by atoms with Crippen LogP contribution in [0.15, 0.2) is 6.20 Å². The summed E-state index contributed by atoms with van der Waals surface area (Å²) in [6.07, 6.45) is 3.63. The smallest absolute Gasteiger partial charge is 0.410 e. The van der Waals surface area contributed by atoms with Crippen molar-refractivity contribution in [3.63, 3.8) is 0 Å². The minimum Gasteiger partial charge on any atom is -0.465 e. The number of carboxylic acid groups (broad SMARTS) is 1. The molecule has 4 heterocycles. The fourth-order valence-electron chi connectivity index (χ4n) is 4.87. The lowest BCUT2D eigenvalue weighted by molar-refractivity contribution is 0.0195. The van der Waals surface area contributed by atoms with Crippen LogP contribution in [0, 0.1) is 0 Å². The SMILES string of the molecule is CC(C)(C)OC(=O)N1CCn2cc(C(=O)N3CCCC34CCN(C(=O)O)CC4)nc2C1. The van der Waals surface area contributed by atoms with Gasteiger partial charge in [0.25, 0.3) is 5.91 Å². The van der Waals surface area contributed by atoms with Gasteiger partial charge in [0.15, 0.2) is 0 Å². The van der Waals surface area contributed by atoms with Gasteiger partial charge in [-0.3, -0.25) is 9.69 Å². The monoisotopic (exact) mass is 433 g/mol. The van der Waals surface area contributed by atoms with Crippen LogP contribution in [0.3, 0.4) is 0 Å². The van der Waals surface area contributed by atoms with Crippen LogP contribution in [-0.4, -0.2) is 84.8 Å². The third-order valence-electron chi connectivity index (χ3n) is 6.48. The molecule has 3 amide bonds. The van der Waals surface area contributed by atoms with E-state index in [-0.39, 0.29) is 17.5 Å². The molecule has 0 unspecified atom stereocenters. The number of nitrogens with zero attached hydrogens (tertiary/aromatic N) is 5. The Morgan fingerprint density at radius 3 is 2.39 bits per heavy atom. The van der Waals surface area contributed by atoms with E-state index in [4.69, 9.17) is 4.74 Å². The third-order valence-corrected chi connectivity index (χ3v) is 6.48. The quantitative estimate of drug-likeness (QED) is 0.729. The Kier molecular flexibility index (Phi) is 5.35. The highest BCUT2D eigenvalue weighted by Crippen LogP contribution is 2.39. The highest BCUT2D eigenvalue weighted by Gasteiger charge is 2.46. The zero-order valence-corrected chi connectivity index (χ0v) is 18.5. The van der Waals surface area contributed by atoms with Crippen molar-refractivity contribution in [1.29, 1.82) is 0 Å². The molecule has 170 valence electrons. The van der Waals surface area contributed by atoms with Gasteiger partial charge in [-0.1, -0.05) is 0 Å². The molecule has 31 heavy (non-hydrogen) atoms. The first-order valence-electron chi connectivity index (χ1n) is 10.9. The molecule has 10 heteroatoms. The van der Waals surface area contributed by atoms with Crippen molar-refractivity contribution in [1.82, 2.24) is 24.3 Å². The largest absolute Gasteiger partial charge is 0.465 e. The molecular weight excluding hydrogens is 402 g/mol. The predicted octanol–water partition coefficient (Wildman–Crippen LogP) is 2.38. The average molecular weight is 434 g/mol. The molecule has 0 atom stereocenters. The van der Waals surface area contributed by atoms with E-state index in [9.17, 15) is 19.5 Å². The number of rotatable bonds is 1. The summed E-state index contributed by atoms with van der Waals surface area (Å²) in [5, 5.41) is 9.23. The lowest BCUT2D eigenvalue weighted by atomic mass is 9.85. The van der Waals surface area contributed by atoms with Gasteiger partial charge in [-0.25, -0.2) is 14.6 Å². The summed E-state index contributed by atoms with van der Waals surface area (Å²) >= 11 is 0. The van der Waals surface area contributed by atoms with E-state index in [0.29, 0.717) is 63.6 Å². The Morgan fingerprint density at radius 1 is 1.03 bits per heavy atom. The number of carbonyl (C=O) groups excluding carboxylic acids is 2. The number of hydrogen-bond acceptors (Lipinski definition) is 5. The molecule has 3 aliphatic rings.